The molecule has 82 valence electrons. The molecule has 0 fully saturated rings. The number of rotatable bonds is 1. The van der Waals surface area contributed by atoms with Crippen molar-refractivity contribution in [3.63, 3.8) is 0 Å². The Balaban J connectivity index is 2.55. The second kappa shape index (κ2) is 4.30. The fourth-order valence-electron chi connectivity index (χ4n) is 1.92. The summed E-state index contributed by atoms with van der Waals surface area (Å²) in [5, 5.41) is 0. The van der Waals surface area contributed by atoms with E-state index in [-0.39, 0.29) is 0 Å². The summed E-state index contributed by atoms with van der Waals surface area (Å²) in [4.78, 5) is 2.12. The number of hydrogen-bond acceptors (Lipinski definition) is 1. The van der Waals surface area contributed by atoms with Crippen LogP contribution in [0.5, 0.6) is 0 Å². The second-order valence-corrected chi connectivity index (χ2v) is 4.75. The van der Waals surface area contributed by atoms with Gasteiger partial charge in [0.15, 0.2) is 0 Å². The van der Waals surface area contributed by atoms with Gasteiger partial charge in [0.25, 0.3) is 0 Å². The summed E-state index contributed by atoms with van der Waals surface area (Å²) in [5.74, 6) is 0. The number of halogens is 1. The minimum absolute atomic E-state index is 0.990. The van der Waals surface area contributed by atoms with Gasteiger partial charge in [-0.1, -0.05) is 36.9 Å². The maximum absolute atomic E-state index is 4.06. The maximum Gasteiger partial charge on any atom is 0.0511 e. The Kier molecular flexibility index (Phi) is 3.01. The van der Waals surface area contributed by atoms with Crippen LogP contribution >= 0.6 is 15.9 Å². The van der Waals surface area contributed by atoms with Gasteiger partial charge in [0.05, 0.1) is 5.70 Å². The van der Waals surface area contributed by atoms with E-state index in [1.54, 1.807) is 0 Å². The zero-order valence-electron chi connectivity index (χ0n) is 9.50. The van der Waals surface area contributed by atoms with Gasteiger partial charge in [0, 0.05) is 17.2 Å². The van der Waals surface area contributed by atoms with E-state index in [0.717, 1.165) is 10.2 Å². The molecule has 2 rings (SSSR count). The fourth-order valence-corrected chi connectivity index (χ4v) is 2.53. The Morgan fingerprint density at radius 3 is 2.44 bits per heavy atom. The standard InChI is InChI=1S/C14H14BrN/c1-10-9-13(15)11(2)16(3)14(10)12-7-5-4-6-8-12/h4-9H,2H2,1,3H3. The molecule has 0 aliphatic carbocycles. The Hall–Kier alpha value is -1.28. The van der Waals surface area contributed by atoms with E-state index < -0.39 is 0 Å². The Morgan fingerprint density at radius 1 is 1.19 bits per heavy atom. The molecular weight excluding hydrogens is 262 g/mol. The van der Waals surface area contributed by atoms with E-state index >= 15 is 0 Å². The molecular formula is C14H14BrN. The van der Waals surface area contributed by atoms with E-state index in [0.29, 0.717) is 0 Å². The molecule has 1 aliphatic heterocycles. The summed E-state index contributed by atoms with van der Waals surface area (Å²) >= 11 is 3.52. The highest BCUT2D eigenvalue weighted by molar-refractivity contribution is 9.12. The fraction of sp³-hybridized carbons (Fsp3) is 0.143. The van der Waals surface area contributed by atoms with Crippen LogP contribution in [0.15, 0.2) is 58.7 Å². The lowest BCUT2D eigenvalue weighted by atomic mass is 10.0. The predicted molar refractivity (Wildman–Crippen MR) is 72.9 cm³/mol. The van der Waals surface area contributed by atoms with Crippen molar-refractivity contribution in [2.45, 2.75) is 6.92 Å². The third-order valence-corrected chi connectivity index (χ3v) is 3.47. The first-order chi connectivity index (χ1) is 7.61. The molecule has 0 radical (unpaired) electrons. The molecule has 0 N–H and O–H groups in total. The quantitative estimate of drug-likeness (QED) is 0.744. The average molecular weight is 276 g/mol. The summed E-state index contributed by atoms with van der Waals surface area (Å²) < 4.78 is 1.05. The van der Waals surface area contributed by atoms with Gasteiger partial charge in [0.2, 0.25) is 0 Å². The van der Waals surface area contributed by atoms with Crippen molar-refractivity contribution < 1.29 is 0 Å². The molecule has 2 heteroatoms. The molecule has 1 aliphatic rings. The van der Waals surface area contributed by atoms with E-state index in [4.69, 9.17) is 0 Å². The van der Waals surface area contributed by atoms with Crippen molar-refractivity contribution >= 4 is 21.6 Å². The molecule has 0 bridgehead atoms. The third kappa shape index (κ3) is 1.85. The van der Waals surface area contributed by atoms with Crippen LogP contribution in [0.2, 0.25) is 0 Å². The first kappa shape index (κ1) is 11.2. The van der Waals surface area contributed by atoms with Crippen LogP contribution in [0, 0.1) is 0 Å². The lowest BCUT2D eigenvalue weighted by Gasteiger charge is -2.30. The van der Waals surface area contributed by atoms with Gasteiger partial charge in [-0.2, -0.15) is 0 Å². The molecule has 1 aromatic carbocycles. The Morgan fingerprint density at radius 2 is 1.81 bits per heavy atom. The zero-order valence-corrected chi connectivity index (χ0v) is 11.1. The lowest BCUT2D eigenvalue weighted by molar-refractivity contribution is 0.608. The number of benzene rings is 1. The summed E-state index contributed by atoms with van der Waals surface area (Å²) in [7, 11) is 2.04. The van der Waals surface area contributed by atoms with Crippen LogP contribution in [0.3, 0.4) is 0 Å². The highest BCUT2D eigenvalue weighted by Gasteiger charge is 2.18. The predicted octanol–water partition coefficient (Wildman–Crippen LogP) is 4.16. The van der Waals surface area contributed by atoms with E-state index in [9.17, 15) is 0 Å². The Labute approximate surface area is 105 Å². The van der Waals surface area contributed by atoms with Gasteiger partial charge in [-0.15, -0.1) is 0 Å². The monoisotopic (exact) mass is 275 g/mol. The van der Waals surface area contributed by atoms with E-state index in [1.165, 1.54) is 16.8 Å². The number of allylic oxidation sites excluding steroid dienone is 3. The van der Waals surface area contributed by atoms with E-state index in [1.807, 2.05) is 13.1 Å². The summed E-state index contributed by atoms with van der Waals surface area (Å²) in [6.07, 6.45) is 2.12. The summed E-state index contributed by atoms with van der Waals surface area (Å²) in [6, 6.07) is 10.4. The van der Waals surface area contributed by atoms with Gasteiger partial charge in [0.1, 0.15) is 0 Å². The zero-order chi connectivity index (χ0) is 11.7. The van der Waals surface area contributed by atoms with Crippen LogP contribution in [-0.2, 0) is 0 Å². The molecule has 1 nitrogen and oxygen atoms in total. The van der Waals surface area contributed by atoms with Crippen LogP contribution in [0.1, 0.15) is 12.5 Å². The first-order valence-electron chi connectivity index (χ1n) is 5.17. The minimum Gasteiger partial charge on any atom is -0.343 e. The van der Waals surface area contributed by atoms with Crippen molar-refractivity contribution in [3.8, 4) is 0 Å². The van der Waals surface area contributed by atoms with E-state index in [2.05, 4.69) is 64.7 Å². The molecule has 0 aromatic heterocycles. The second-order valence-electron chi connectivity index (χ2n) is 3.90. The molecule has 0 spiro atoms. The van der Waals surface area contributed by atoms with Gasteiger partial charge in [-0.05, 0) is 40.1 Å². The minimum atomic E-state index is 0.990. The lowest BCUT2D eigenvalue weighted by Crippen LogP contribution is -2.19. The van der Waals surface area contributed by atoms with Gasteiger partial charge in [-0.3, -0.25) is 0 Å². The smallest absolute Gasteiger partial charge is 0.0511 e. The molecule has 0 unspecified atom stereocenters. The highest BCUT2D eigenvalue weighted by Crippen LogP contribution is 2.35. The van der Waals surface area contributed by atoms with Crippen LogP contribution in [0.4, 0.5) is 0 Å². The van der Waals surface area contributed by atoms with Gasteiger partial charge in [-0.25, -0.2) is 0 Å². The van der Waals surface area contributed by atoms with Crippen molar-refractivity contribution in [2.24, 2.45) is 0 Å². The molecule has 0 saturated heterocycles. The number of hydrogen-bond donors (Lipinski definition) is 0. The molecule has 16 heavy (non-hydrogen) atoms. The van der Waals surface area contributed by atoms with Crippen molar-refractivity contribution in [2.75, 3.05) is 7.05 Å². The summed E-state index contributed by atoms with van der Waals surface area (Å²) in [5.41, 5.74) is 4.67. The SMILES string of the molecule is C=C1C(Br)=CC(C)=C(c2ccccc2)N1C. The molecule has 0 atom stereocenters. The van der Waals surface area contributed by atoms with Crippen molar-refractivity contribution in [3.05, 3.63) is 64.3 Å². The summed E-state index contributed by atoms with van der Waals surface area (Å²) in [6.45, 7) is 6.18. The number of nitrogens with zero attached hydrogens (tertiary/aromatic N) is 1. The molecule has 0 saturated carbocycles. The third-order valence-electron chi connectivity index (χ3n) is 2.78. The maximum atomic E-state index is 4.06. The van der Waals surface area contributed by atoms with Crippen molar-refractivity contribution in [1.82, 2.24) is 4.90 Å². The van der Waals surface area contributed by atoms with Crippen LogP contribution in [0.25, 0.3) is 5.70 Å². The number of likely N-dealkylation sites (N-methyl/N-ethyl adjacent to an activating group) is 1. The van der Waals surface area contributed by atoms with Crippen molar-refractivity contribution in [1.29, 1.82) is 0 Å². The van der Waals surface area contributed by atoms with Gasteiger partial charge < -0.3 is 4.90 Å². The highest BCUT2D eigenvalue weighted by atomic mass is 79.9. The largest absolute Gasteiger partial charge is 0.343 e. The molecule has 0 amide bonds. The Bertz CT molecular complexity index is 483. The van der Waals surface area contributed by atoms with Crippen LogP contribution < -0.4 is 0 Å². The van der Waals surface area contributed by atoms with Crippen LogP contribution in [-0.4, -0.2) is 11.9 Å². The topological polar surface area (TPSA) is 3.24 Å². The normalized spacial score (nSPS) is 16.6. The average Bonchev–Trinajstić information content (AvgIpc) is 2.28. The first-order valence-corrected chi connectivity index (χ1v) is 5.97. The molecule has 1 heterocycles. The van der Waals surface area contributed by atoms with Gasteiger partial charge >= 0.3 is 0 Å². The molecule has 1 aromatic rings.